The van der Waals surface area contributed by atoms with E-state index in [9.17, 15) is 20.4 Å². The van der Waals surface area contributed by atoms with Crippen molar-refractivity contribution in [2.45, 2.75) is 49.7 Å². The maximum absolute atomic E-state index is 11.0. The van der Waals surface area contributed by atoms with Crippen LogP contribution in [-0.4, -0.2) is 63.8 Å². The Morgan fingerprint density at radius 3 is 2.57 bits per heavy atom. The van der Waals surface area contributed by atoms with Crippen molar-refractivity contribution in [1.29, 1.82) is 0 Å². The second-order valence-corrected chi connectivity index (χ2v) is 8.03. The Balaban J connectivity index is 1.58. The Bertz CT molecular complexity index is 890. The van der Waals surface area contributed by atoms with Crippen LogP contribution in [0.3, 0.4) is 0 Å². The zero-order valence-corrected chi connectivity index (χ0v) is 17.2. The molecule has 2 aromatic rings. The van der Waals surface area contributed by atoms with Crippen molar-refractivity contribution in [2.75, 3.05) is 13.2 Å². The molecule has 30 heavy (non-hydrogen) atoms. The Kier molecular flexibility index (Phi) is 6.05. The maximum Gasteiger partial charge on any atom is 0.228 e. The van der Waals surface area contributed by atoms with Gasteiger partial charge >= 0.3 is 0 Å². The molecule has 2 saturated heterocycles. The van der Waals surface area contributed by atoms with E-state index < -0.39 is 36.3 Å². The van der Waals surface area contributed by atoms with Gasteiger partial charge in [-0.2, -0.15) is 0 Å². The molecule has 6 atom stereocenters. The number of hydrogen-bond donors (Lipinski definition) is 4. The number of benzene rings is 2. The lowest BCUT2D eigenvalue weighted by atomic mass is 9.87. The standard InChI is InChI=1S/C22H25ClO7/c1-2-28-15-6-3-12(4-7-15)9-14-10-13(5-8-16(14)23)20(26)22-21(27)19(25)18(24)17(30-22)11-29-22/h3-8,10,17-21,24-27H,2,9,11H2,1H3. The summed E-state index contributed by atoms with van der Waals surface area (Å²) in [4.78, 5) is 0. The second kappa shape index (κ2) is 8.43. The summed E-state index contributed by atoms with van der Waals surface area (Å²) in [5, 5.41) is 42.1. The summed E-state index contributed by atoms with van der Waals surface area (Å²) < 4.78 is 16.7. The van der Waals surface area contributed by atoms with E-state index in [4.69, 9.17) is 25.8 Å². The van der Waals surface area contributed by atoms with E-state index in [0.717, 1.165) is 16.9 Å². The third-order valence-corrected chi connectivity index (χ3v) is 6.04. The highest BCUT2D eigenvalue weighted by molar-refractivity contribution is 6.31. The number of ether oxygens (including phenoxy) is 3. The lowest BCUT2D eigenvalue weighted by Crippen LogP contribution is -2.62. The molecule has 2 aliphatic heterocycles. The normalized spacial score (nSPS) is 31.5. The molecule has 2 aromatic carbocycles. The van der Waals surface area contributed by atoms with Crippen LogP contribution in [-0.2, 0) is 15.9 Å². The van der Waals surface area contributed by atoms with Crippen LogP contribution in [0.5, 0.6) is 5.75 Å². The third-order valence-electron chi connectivity index (χ3n) is 5.67. The Labute approximate surface area is 179 Å². The van der Waals surface area contributed by atoms with Crippen LogP contribution in [0.4, 0.5) is 0 Å². The topological polar surface area (TPSA) is 109 Å². The minimum absolute atomic E-state index is 0.0427. The summed E-state index contributed by atoms with van der Waals surface area (Å²) in [6.07, 6.45) is -6.09. The molecule has 7 nitrogen and oxygen atoms in total. The van der Waals surface area contributed by atoms with E-state index in [1.165, 1.54) is 0 Å². The van der Waals surface area contributed by atoms with Crippen molar-refractivity contribution >= 4 is 11.6 Å². The van der Waals surface area contributed by atoms with E-state index in [0.29, 0.717) is 23.6 Å². The van der Waals surface area contributed by atoms with E-state index in [1.54, 1.807) is 18.2 Å². The number of rotatable bonds is 6. The molecule has 162 valence electrons. The zero-order chi connectivity index (χ0) is 21.5. The van der Waals surface area contributed by atoms with Crippen LogP contribution in [0.25, 0.3) is 0 Å². The van der Waals surface area contributed by atoms with E-state index in [1.807, 2.05) is 31.2 Å². The Hall–Kier alpha value is -1.71. The molecule has 0 aromatic heterocycles. The van der Waals surface area contributed by atoms with Crippen LogP contribution in [0.2, 0.25) is 5.02 Å². The van der Waals surface area contributed by atoms with Crippen molar-refractivity contribution in [3.63, 3.8) is 0 Å². The molecule has 2 heterocycles. The Morgan fingerprint density at radius 2 is 1.87 bits per heavy atom. The molecule has 6 unspecified atom stereocenters. The maximum atomic E-state index is 11.0. The molecule has 4 rings (SSSR count). The molecular weight excluding hydrogens is 412 g/mol. The molecule has 0 amide bonds. The smallest absolute Gasteiger partial charge is 0.228 e. The molecule has 0 saturated carbocycles. The minimum atomic E-state index is -1.85. The summed E-state index contributed by atoms with van der Waals surface area (Å²) in [6.45, 7) is 2.47. The first-order valence-electron chi connectivity index (χ1n) is 9.90. The highest BCUT2D eigenvalue weighted by Gasteiger charge is 2.62. The largest absolute Gasteiger partial charge is 0.494 e. The summed E-state index contributed by atoms with van der Waals surface area (Å²) in [5.74, 6) is -1.07. The predicted octanol–water partition coefficient (Wildman–Crippen LogP) is 1.57. The number of hydrogen-bond acceptors (Lipinski definition) is 7. The average Bonchev–Trinajstić information content (AvgIpc) is 3.18. The second-order valence-electron chi connectivity index (χ2n) is 7.62. The van der Waals surface area contributed by atoms with Gasteiger partial charge in [0.1, 0.15) is 36.3 Å². The molecule has 2 bridgehead atoms. The van der Waals surface area contributed by atoms with Crippen LogP contribution >= 0.6 is 11.6 Å². The molecule has 0 spiro atoms. The van der Waals surface area contributed by atoms with Crippen LogP contribution in [0.1, 0.15) is 29.7 Å². The molecule has 8 heteroatoms. The van der Waals surface area contributed by atoms with Crippen molar-refractivity contribution in [2.24, 2.45) is 0 Å². The molecule has 4 N–H and O–H groups in total. The fourth-order valence-corrected chi connectivity index (χ4v) is 4.20. The summed E-state index contributed by atoms with van der Waals surface area (Å²) in [7, 11) is 0. The van der Waals surface area contributed by atoms with Crippen molar-refractivity contribution < 1.29 is 34.6 Å². The number of aliphatic hydroxyl groups is 4. The average molecular weight is 437 g/mol. The number of aliphatic hydroxyl groups excluding tert-OH is 4. The van der Waals surface area contributed by atoms with Gasteiger partial charge in [0.25, 0.3) is 0 Å². The highest BCUT2D eigenvalue weighted by atomic mass is 35.5. The van der Waals surface area contributed by atoms with Crippen molar-refractivity contribution in [3.8, 4) is 5.75 Å². The summed E-state index contributed by atoms with van der Waals surface area (Å²) >= 11 is 6.37. The Morgan fingerprint density at radius 1 is 1.13 bits per heavy atom. The first-order valence-corrected chi connectivity index (χ1v) is 10.3. The van der Waals surface area contributed by atoms with Gasteiger partial charge in [-0.15, -0.1) is 0 Å². The van der Waals surface area contributed by atoms with Gasteiger partial charge in [0.05, 0.1) is 13.2 Å². The van der Waals surface area contributed by atoms with Crippen molar-refractivity contribution in [3.05, 3.63) is 64.2 Å². The summed E-state index contributed by atoms with van der Waals surface area (Å²) in [5.41, 5.74) is 2.20. The SMILES string of the molecule is CCOc1ccc(Cc2cc(C(O)C34OCC(O3)C(O)C(O)C4O)ccc2Cl)cc1. The minimum Gasteiger partial charge on any atom is -0.494 e. The number of fused-ring (bicyclic) bond motifs is 2. The van der Waals surface area contributed by atoms with E-state index in [2.05, 4.69) is 0 Å². The van der Waals surface area contributed by atoms with Gasteiger partial charge in [-0.3, -0.25) is 0 Å². The fourth-order valence-electron chi connectivity index (χ4n) is 4.01. The molecule has 2 fully saturated rings. The number of halogens is 1. The van der Waals surface area contributed by atoms with Crippen molar-refractivity contribution in [1.82, 2.24) is 0 Å². The monoisotopic (exact) mass is 436 g/mol. The third kappa shape index (κ3) is 3.71. The van der Waals surface area contributed by atoms with Crippen LogP contribution in [0, 0.1) is 0 Å². The predicted molar refractivity (Wildman–Crippen MR) is 108 cm³/mol. The molecular formula is C22H25ClO7. The van der Waals surface area contributed by atoms with Gasteiger partial charge in [-0.1, -0.05) is 35.9 Å². The van der Waals surface area contributed by atoms with E-state index >= 15 is 0 Å². The van der Waals surface area contributed by atoms with Crippen LogP contribution in [0.15, 0.2) is 42.5 Å². The molecule has 0 radical (unpaired) electrons. The van der Waals surface area contributed by atoms with Gasteiger partial charge in [-0.25, -0.2) is 0 Å². The van der Waals surface area contributed by atoms with Gasteiger partial charge in [0.2, 0.25) is 5.79 Å². The lowest BCUT2D eigenvalue weighted by molar-refractivity contribution is -0.328. The zero-order valence-electron chi connectivity index (χ0n) is 16.4. The highest BCUT2D eigenvalue weighted by Crippen LogP contribution is 2.45. The van der Waals surface area contributed by atoms with Gasteiger partial charge < -0.3 is 34.6 Å². The fraction of sp³-hybridized carbons (Fsp3) is 0.455. The first-order chi connectivity index (χ1) is 14.4. The van der Waals surface area contributed by atoms with Gasteiger partial charge in [0.15, 0.2) is 0 Å². The van der Waals surface area contributed by atoms with Gasteiger partial charge in [0, 0.05) is 5.02 Å². The first kappa shape index (κ1) is 21.5. The summed E-state index contributed by atoms with van der Waals surface area (Å²) in [6, 6.07) is 12.7. The van der Waals surface area contributed by atoms with Crippen LogP contribution < -0.4 is 4.74 Å². The molecule has 0 aliphatic carbocycles. The quantitative estimate of drug-likeness (QED) is 0.544. The lowest BCUT2D eigenvalue weighted by Gasteiger charge is -2.43. The molecule has 2 aliphatic rings. The van der Waals surface area contributed by atoms with E-state index in [-0.39, 0.29) is 6.61 Å². The van der Waals surface area contributed by atoms with Gasteiger partial charge in [-0.05, 0) is 48.2 Å².